The Hall–Kier alpha value is -2.44. The second kappa shape index (κ2) is 6.36. The summed E-state index contributed by atoms with van der Waals surface area (Å²) < 4.78 is 14.2. The number of hydrogen-bond acceptors (Lipinski definition) is 3. The van der Waals surface area contributed by atoms with Gasteiger partial charge in [0.2, 0.25) is 5.95 Å². The highest BCUT2D eigenvalue weighted by Gasteiger charge is 2.37. The van der Waals surface area contributed by atoms with Crippen LogP contribution in [0.15, 0.2) is 24.3 Å². The molecular formula is C16H20FN5O. The van der Waals surface area contributed by atoms with Crippen LogP contribution < -0.4 is 10.6 Å². The maximum Gasteiger partial charge on any atom is 0.321 e. The number of nitrogens with zero attached hydrogens (tertiary/aromatic N) is 2. The molecule has 6 nitrogen and oxygen atoms in total. The van der Waals surface area contributed by atoms with Crippen molar-refractivity contribution in [2.45, 2.75) is 38.0 Å². The summed E-state index contributed by atoms with van der Waals surface area (Å²) in [5.41, 5.74) is 0.351. The van der Waals surface area contributed by atoms with Crippen LogP contribution in [0.3, 0.4) is 0 Å². The Morgan fingerprint density at radius 3 is 2.74 bits per heavy atom. The maximum atomic E-state index is 14.2. The van der Waals surface area contributed by atoms with Gasteiger partial charge in [0, 0.05) is 12.0 Å². The number of carbonyl (C=O) groups excluding carboxylic acids is 1. The van der Waals surface area contributed by atoms with Crippen molar-refractivity contribution in [3.8, 4) is 0 Å². The van der Waals surface area contributed by atoms with Crippen LogP contribution in [0.2, 0.25) is 0 Å². The summed E-state index contributed by atoms with van der Waals surface area (Å²) in [6.07, 6.45) is 3.82. The molecule has 0 spiro atoms. The van der Waals surface area contributed by atoms with Gasteiger partial charge in [-0.3, -0.25) is 10.4 Å². The molecule has 1 heterocycles. The molecule has 2 aromatic rings. The van der Waals surface area contributed by atoms with Crippen LogP contribution in [0.25, 0.3) is 0 Å². The van der Waals surface area contributed by atoms with Crippen molar-refractivity contribution in [2.24, 2.45) is 0 Å². The van der Waals surface area contributed by atoms with E-state index in [0.29, 0.717) is 17.9 Å². The summed E-state index contributed by atoms with van der Waals surface area (Å²) >= 11 is 0. The third-order valence-corrected chi connectivity index (χ3v) is 4.42. The van der Waals surface area contributed by atoms with Gasteiger partial charge in [0.25, 0.3) is 0 Å². The van der Waals surface area contributed by atoms with Gasteiger partial charge in [0.05, 0.1) is 0 Å². The zero-order valence-corrected chi connectivity index (χ0v) is 13.0. The van der Waals surface area contributed by atoms with Crippen molar-refractivity contribution in [3.05, 3.63) is 41.5 Å². The van der Waals surface area contributed by atoms with Crippen LogP contribution in [0, 0.1) is 12.7 Å². The fourth-order valence-electron chi connectivity index (χ4n) is 3.28. The molecule has 3 N–H and O–H groups in total. The number of halogens is 1. The molecule has 0 unspecified atom stereocenters. The Labute approximate surface area is 133 Å². The minimum absolute atomic E-state index is 0.207. The molecule has 1 aromatic carbocycles. The van der Waals surface area contributed by atoms with E-state index in [2.05, 4.69) is 25.8 Å². The molecule has 0 saturated heterocycles. The number of carbonyl (C=O) groups is 1. The molecule has 1 fully saturated rings. The van der Waals surface area contributed by atoms with Crippen LogP contribution in [0.1, 0.15) is 37.1 Å². The van der Waals surface area contributed by atoms with Crippen molar-refractivity contribution < 1.29 is 9.18 Å². The predicted octanol–water partition coefficient (Wildman–Crippen LogP) is 2.89. The number of nitrogens with one attached hydrogen (secondary N) is 3. The predicted molar refractivity (Wildman–Crippen MR) is 84.7 cm³/mol. The number of H-pyrrole nitrogens is 1. The van der Waals surface area contributed by atoms with Gasteiger partial charge in [0.15, 0.2) is 0 Å². The first kappa shape index (κ1) is 15.5. The summed E-state index contributed by atoms with van der Waals surface area (Å²) in [4.78, 5) is 16.0. The number of amides is 2. The summed E-state index contributed by atoms with van der Waals surface area (Å²) in [5.74, 6) is 0.645. The van der Waals surface area contributed by atoms with Crippen LogP contribution in [-0.2, 0) is 5.41 Å². The van der Waals surface area contributed by atoms with Crippen LogP contribution >= 0.6 is 0 Å². The monoisotopic (exact) mass is 317 g/mol. The molecule has 122 valence electrons. The minimum atomic E-state index is -0.383. The number of urea groups is 1. The fourth-order valence-corrected chi connectivity index (χ4v) is 3.28. The fraction of sp³-hybridized carbons (Fsp3) is 0.438. The highest BCUT2D eigenvalue weighted by Crippen LogP contribution is 2.41. The van der Waals surface area contributed by atoms with E-state index >= 15 is 0 Å². The molecule has 1 aromatic heterocycles. The number of benzene rings is 1. The van der Waals surface area contributed by atoms with Gasteiger partial charge >= 0.3 is 6.03 Å². The highest BCUT2D eigenvalue weighted by atomic mass is 19.1. The first-order valence-electron chi connectivity index (χ1n) is 7.78. The number of aryl methyl sites for hydroxylation is 1. The SMILES string of the molecule is Cc1nc(NC(=O)NCC2(c3ccccc3F)CCCC2)n[nH]1. The minimum Gasteiger partial charge on any atom is -0.337 e. The Morgan fingerprint density at radius 2 is 2.09 bits per heavy atom. The van der Waals surface area contributed by atoms with E-state index in [1.807, 2.05) is 12.1 Å². The molecule has 2 amide bonds. The Morgan fingerprint density at radius 1 is 1.35 bits per heavy atom. The Bertz CT molecular complexity index is 693. The maximum absolute atomic E-state index is 14.2. The molecule has 23 heavy (non-hydrogen) atoms. The second-order valence-corrected chi connectivity index (χ2v) is 6.02. The van der Waals surface area contributed by atoms with Crippen molar-refractivity contribution in [2.75, 3.05) is 11.9 Å². The first-order valence-corrected chi connectivity index (χ1v) is 7.78. The first-order chi connectivity index (χ1) is 11.1. The summed E-state index contributed by atoms with van der Waals surface area (Å²) in [6, 6.07) is 6.44. The molecule has 3 rings (SSSR count). The van der Waals surface area contributed by atoms with E-state index < -0.39 is 0 Å². The van der Waals surface area contributed by atoms with Gasteiger partial charge in [-0.05, 0) is 31.4 Å². The molecule has 1 aliphatic carbocycles. The third kappa shape index (κ3) is 3.33. The largest absolute Gasteiger partial charge is 0.337 e. The van der Waals surface area contributed by atoms with Crippen LogP contribution in [-0.4, -0.2) is 27.8 Å². The lowest BCUT2D eigenvalue weighted by Crippen LogP contribution is -2.41. The summed E-state index contributed by atoms with van der Waals surface area (Å²) in [7, 11) is 0. The van der Waals surface area contributed by atoms with Crippen LogP contribution in [0.4, 0.5) is 15.1 Å². The van der Waals surface area contributed by atoms with Crippen molar-refractivity contribution in [3.63, 3.8) is 0 Å². The molecule has 0 bridgehead atoms. The number of anilines is 1. The van der Waals surface area contributed by atoms with Crippen molar-refractivity contribution in [1.82, 2.24) is 20.5 Å². The lowest BCUT2D eigenvalue weighted by molar-refractivity contribution is 0.248. The molecule has 0 aliphatic heterocycles. The van der Waals surface area contributed by atoms with Gasteiger partial charge in [-0.15, -0.1) is 5.10 Å². The average molecular weight is 317 g/mol. The van der Waals surface area contributed by atoms with Crippen molar-refractivity contribution in [1.29, 1.82) is 0 Å². The van der Waals surface area contributed by atoms with E-state index in [9.17, 15) is 9.18 Å². The Kier molecular flexibility index (Phi) is 4.27. The van der Waals surface area contributed by atoms with Gasteiger partial charge in [-0.25, -0.2) is 9.18 Å². The highest BCUT2D eigenvalue weighted by molar-refractivity contribution is 5.87. The average Bonchev–Trinajstić information content (AvgIpc) is 3.16. The third-order valence-electron chi connectivity index (χ3n) is 4.42. The lowest BCUT2D eigenvalue weighted by Gasteiger charge is -2.30. The van der Waals surface area contributed by atoms with Gasteiger partial charge in [0.1, 0.15) is 11.6 Å². The van der Waals surface area contributed by atoms with Crippen molar-refractivity contribution >= 4 is 12.0 Å². The molecule has 1 aliphatic rings. The normalized spacial score (nSPS) is 16.3. The van der Waals surface area contributed by atoms with E-state index in [-0.39, 0.29) is 23.2 Å². The van der Waals surface area contributed by atoms with E-state index in [0.717, 1.165) is 25.7 Å². The van der Waals surface area contributed by atoms with Crippen LogP contribution in [0.5, 0.6) is 0 Å². The molecule has 7 heteroatoms. The number of aromatic nitrogens is 3. The van der Waals surface area contributed by atoms with E-state index in [1.54, 1.807) is 13.0 Å². The summed E-state index contributed by atoms with van der Waals surface area (Å²) in [5, 5.41) is 11.9. The molecule has 0 radical (unpaired) electrons. The smallest absolute Gasteiger partial charge is 0.321 e. The van der Waals surface area contributed by atoms with E-state index in [4.69, 9.17) is 0 Å². The van der Waals surface area contributed by atoms with Gasteiger partial charge < -0.3 is 5.32 Å². The molecule has 0 atom stereocenters. The topological polar surface area (TPSA) is 82.7 Å². The quantitative estimate of drug-likeness (QED) is 0.811. The zero-order valence-electron chi connectivity index (χ0n) is 13.0. The molecular weight excluding hydrogens is 297 g/mol. The van der Waals surface area contributed by atoms with Gasteiger partial charge in [-0.1, -0.05) is 31.0 Å². The number of aromatic amines is 1. The summed E-state index contributed by atoms with van der Waals surface area (Å²) in [6.45, 7) is 2.14. The number of hydrogen-bond donors (Lipinski definition) is 3. The van der Waals surface area contributed by atoms with Gasteiger partial charge in [-0.2, -0.15) is 4.98 Å². The second-order valence-electron chi connectivity index (χ2n) is 6.02. The lowest BCUT2D eigenvalue weighted by atomic mass is 9.78. The zero-order chi connectivity index (χ0) is 16.3. The standard InChI is InChI=1S/C16H20FN5O/c1-11-19-14(22-21-11)20-15(23)18-10-16(8-4-5-9-16)12-6-2-3-7-13(12)17/h2-3,6-7H,4-5,8-10H2,1H3,(H3,18,19,20,21,22,23). The Balaban J connectivity index is 1.68. The van der Waals surface area contributed by atoms with E-state index in [1.165, 1.54) is 6.07 Å². The number of rotatable bonds is 4. The molecule has 1 saturated carbocycles.